The molecule has 0 amide bonds. The molecule has 0 aliphatic carbocycles. The topological polar surface area (TPSA) is 36.2 Å². The molecule has 0 saturated heterocycles. The Balaban J connectivity index is 5.07. The van der Waals surface area contributed by atoms with E-state index in [1.54, 1.807) is 0 Å². The predicted molar refractivity (Wildman–Crippen MR) is 64.2 cm³/mol. The second-order valence-corrected chi connectivity index (χ2v) is 2.70. The molecule has 1 N–H and O–H groups in total. The summed E-state index contributed by atoms with van der Waals surface area (Å²) in [7, 11) is 0. The first kappa shape index (κ1) is 12.6. The summed E-state index contributed by atoms with van der Waals surface area (Å²) in [4.78, 5) is 4.29. The van der Waals surface area contributed by atoms with E-state index in [1.165, 1.54) is 6.21 Å². The van der Waals surface area contributed by atoms with E-state index in [1.807, 2.05) is 51.3 Å². The Hall–Kier alpha value is -1.44. The number of hydrogen-bond donors (Lipinski definition) is 1. The van der Waals surface area contributed by atoms with E-state index in [2.05, 4.69) is 4.99 Å². The Labute approximate surface area is 86.3 Å². The summed E-state index contributed by atoms with van der Waals surface area (Å²) < 4.78 is 0. The van der Waals surface area contributed by atoms with Crippen molar-refractivity contribution in [2.75, 3.05) is 0 Å². The number of rotatable bonds is 5. The molecule has 76 valence electrons. The van der Waals surface area contributed by atoms with Crippen molar-refractivity contribution in [3.63, 3.8) is 0 Å². The van der Waals surface area contributed by atoms with Gasteiger partial charge in [-0.15, -0.1) is 0 Å². The van der Waals surface area contributed by atoms with Crippen LogP contribution in [0.25, 0.3) is 0 Å². The summed E-state index contributed by atoms with van der Waals surface area (Å²) in [5, 5.41) is 7.27. The van der Waals surface area contributed by atoms with Crippen molar-refractivity contribution >= 4 is 12.4 Å². The average molecular weight is 190 g/mol. The van der Waals surface area contributed by atoms with Gasteiger partial charge >= 0.3 is 0 Å². The maximum atomic E-state index is 7.27. The Kier molecular flexibility index (Phi) is 7.33. The quantitative estimate of drug-likeness (QED) is 0.508. The van der Waals surface area contributed by atoms with Gasteiger partial charge < -0.3 is 5.41 Å². The molecule has 2 nitrogen and oxygen atoms in total. The summed E-state index contributed by atoms with van der Waals surface area (Å²) in [6.45, 7) is 5.91. The molecule has 0 rings (SSSR count). The lowest BCUT2D eigenvalue weighted by atomic mass is 10.2. The standard InChI is InChI=1S/C12H18N2/c1-4-7-11(10-13)12(8-5-2)14-9-6-3/h4-5,7-10,13H,6H2,1-3H3/b7-4-,8-5-,12-11-,13-10?,14-9?. The molecule has 0 heterocycles. The molecule has 2 heteroatoms. The van der Waals surface area contributed by atoms with Crippen LogP contribution in [-0.4, -0.2) is 12.4 Å². The normalized spacial score (nSPS) is 14.2. The third kappa shape index (κ3) is 4.55. The molecule has 0 aromatic rings. The molecule has 0 spiro atoms. The van der Waals surface area contributed by atoms with Crippen molar-refractivity contribution in [2.24, 2.45) is 4.99 Å². The zero-order valence-electron chi connectivity index (χ0n) is 9.12. The van der Waals surface area contributed by atoms with Crippen LogP contribution >= 0.6 is 0 Å². The molecule has 0 bridgehead atoms. The van der Waals surface area contributed by atoms with Crippen molar-refractivity contribution in [2.45, 2.75) is 27.2 Å². The van der Waals surface area contributed by atoms with Gasteiger partial charge in [0.1, 0.15) is 0 Å². The Morgan fingerprint density at radius 3 is 2.29 bits per heavy atom. The van der Waals surface area contributed by atoms with E-state index in [-0.39, 0.29) is 0 Å². The first-order chi connectivity index (χ1) is 6.79. The van der Waals surface area contributed by atoms with Crippen molar-refractivity contribution in [1.82, 2.24) is 0 Å². The van der Waals surface area contributed by atoms with E-state index >= 15 is 0 Å². The molecule has 0 saturated carbocycles. The van der Waals surface area contributed by atoms with Gasteiger partial charge in [0.25, 0.3) is 0 Å². The van der Waals surface area contributed by atoms with Crippen LogP contribution in [0, 0.1) is 5.41 Å². The van der Waals surface area contributed by atoms with Crippen LogP contribution in [0.4, 0.5) is 0 Å². The first-order valence-electron chi connectivity index (χ1n) is 4.82. The lowest BCUT2D eigenvalue weighted by Crippen LogP contribution is -1.86. The molecule has 0 aliphatic rings. The molecular formula is C12H18N2. The van der Waals surface area contributed by atoms with Gasteiger partial charge in [0.05, 0.1) is 5.70 Å². The second-order valence-electron chi connectivity index (χ2n) is 2.70. The minimum atomic E-state index is 0.829. The number of hydrogen-bond acceptors (Lipinski definition) is 2. The third-order valence-corrected chi connectivity index (χ3v) is 1.53. The molecule has 0 fully saturated rings. The van der Waals surface area contributed by atoms with Gasteiger partial charge in [0, 0.05) is 18.0 Å². The van der Waals surface area contributed by atoms with Gasteiger partial charge in [-0.05, 0) is 26.3 Å². The van der Waals surface area contributed by atoms with E-state index in [0.717, 1.165) is 17.7 Å². The van der Waals surface area contributed by atoms with E-state index in [4.69, 9.17) is 5.41 Å². The number of allylic oxidation sites excluding steroid dienone is 5. The highest BCUT2D eigenvalue weighted by Gasteiger charge is 1.94. The van der Waals surface area contributed by atoms with Crippen LogP contribution in [0.1, 0.15) is 27.2 Å². The van der Waals surface area contributed by atoms with Gasteiger partial charge in [0.2, 0.25) is 0 Å². The monoisotopic (exact) mass is 190 g/mol. The molecule has 14 heavy (non-hydrogen) atoms. The van der Waals surface area contributed by atoms with Crippen LogP contribution < -0.4 is 0 Å². The third-order valence-electron chi connectivity index (χ3n) is 1.53. The largest absolute Gasteiger partial charge is 0.308 e. The fraction of sp³-hybridized carbons (Fsp3) is 0.333. The van der Waals surface area contributed by atoms with Crippen LogP contribution in [0.5, 0.6) is 0 Å². The summed E-state index contributed by atoms with van der Waals surface area (Å²) in [5.74, 6) is 0. The lowest BCUT2D eigenvalue weighted by Gasteiger charge is -1.97. The smallest absolute Gasteiger partial charge is 0.0709 e. The van der Waals surface area contributed by atoms with Crippen molar-refractivity contribution in [1.29, 1.82) is 5.41 Å². The molecule has 0 aliphatic heterocycles. The predicted octanol–water partition coefficient (Wildman–Crippen LogP) is 3.52. The second kappa shape index (κ2) is 8.17. The summed E-state index contributed by atoms with van der Waals surface area (Å²) in [5.41, 5.74) is 1.66. The SMILES string of the molecule is C\C=C/C(C=N)=C(\C=C/C)N=CCC. The van der Waals surface area contributed by atoms with Crippen LogP contribution in [0.15, 0.2) is 40.6 Å². The zero-order valence-corrected chi connectivity index (χ0v) is 9.12. The first-order valence-corrected chi connectivity index (χ1v) is 4.82. The fourth-order valence-electron chi connectivity index (χ4n) is 0.948. The summed E-state index contributed by atoms with van der Waals surface area (Å²) >= 11 is 0. The highest BCUT2D eigenvalue weighted by atomic mass is 14.7. The average Bonchev–Trinajstić information content (AvgIpc) is 2.21. The number of aliphatic imine (C=N–C) groups is 1. The number of nitrogens with one attached hydrogen (secondary N) is 1. The molecule has 0 aromatic carbocycles. The van der Waals surface area contributed by atoms with Gasteiger partial charge in [-0.2, -0.15) is 0 Å². The fourth-order valence-corrected chi connectivity index (χ4v) is 0.948. The van der Waals surface area contributed by atoms with Gasteiger partial charge in [-0.25, -0.2) is 0 Å². The van der Waals surface area contributed by atoms with Gasteiger partial charge in [-0.3, -0.25) is 4.99 Å². The van der Waals surface area contributed by atoms with Crippen molar-refractivity contribution in [3.8, 4) is 0 Å². The molecule has 0 atom stereocenters. The summed E-state index contributed by atoms with van der Waals surface area (Å²) in [6.07, 6.45) is 11.7. The Morgan fingerprint density at radius 1 is 1.21 bits per heavy atom. The highest BCUT2D eigenvalue weighted by Crippen LogP contribution is 2.07. The minimum Gasteiger partial charge on any atom is -0.308 e. The van der Waals surface area contributed by atoms with Crippen molar-refractivity contribution < 1.29 is 0 Å². The van der Waals surface area contributed by atoms with Crippen LogP contribution in [-0.2, 0) is 0 Å². The molecule has 0 aromatic heterocycles. The molecule has 0 unspecified atom stereocenters. The number of nitrogens with zero attached hydrogens (tertiary/aromatic N) is 1. The molecule has 0 radical (unpaired) electrons. The minimum absolute atomic E-state index is 0.829. The van der Waals surface area contributed by atoms with Crippen molar-refractivity contribution in [3.05, 3.63) is 35.6 Å². The highest BCUT2D eigenvalue weighted by molar-refractivity contribution is 5.82. The zero-order chi connectivity index (χ0) is 10.8. The maximum Gasteiger partial charge on any atom is 0.0709 e. The van der Waals surface area contributed by atoms with E-state index < -0.39 is 0 Å². The lowest BCUT2D eigenvalue weighted by molar-refractivity contribution is 1.28. The Bertz CT molecular complexity index is 281. The molecular weight excluding hydrogens is 172 g/mol. The Morgan fingerprint density at radius 2 is 1.86 bits per heavy atom. The van der Waals surface area contributed by atoms with E-state index in [0.29, 0.717) is 0 Å². The van der Waals surface area contributed by atoms with Crippen LogP contribution in [0.2, 0.25) is 0 Å². The van der Waals surface area contributed by atoms with E-state index in [9.17, 15) is 0 Å². The van der Waals surface area contributed by atoms with Gasteiger partial charge in [0.15, 0.2) is 0 Å². The summed E-state index contributed by atoms with van der Waals surface area (Å²) in [6, 6.07) is 0. The maximum absolute atomic E-state index is 7.27. The van der Waals surface area contributed by atoms with Crippen LogP contribution in [0.3, 0.4) is 0 Å². The van der Waals surface area contributed by atoms with Gasteiger partial charge in [-0.1, -0.05) is 25.2 Å².